The number of nitrogens with zero attached hydrogens (tertiary/aromatic N) is 1. The zero-order chi connectivity index (χ0) is 21.5. The van der Waals surface area contributed by atoms with Crippen LogP contribution < -0.4 is 14.8 Å². The number of nitrogens with one attached hydrogen (secondary N) is 1. The summed E-state index contributed by atoms with van der Waals surface area (Å²) in [5.74, 6) is 0.738. The minimum Gasteiger partial charge on any atom is -0.493 e. The van der Waals surface area contributed by atoms with Gasteiger partial charge in [-0.05, 0) is 54.6 Å². The molecule has 0 saturated carbocycles. The van der Waals surface area contributed by atoms with E-state index in [0.717, 1.165) is 11.1 Å². The highest BCUT2D eigenvalue weighted by Crippen LogP contribution is 2.29. The molecule has 0 aliphatic rings. The SMILES string of the molecule is COc1ccc(CN(C)[C@H](C(=O)Nc2ccc(F)cc2)c2ccccc2)cc1OC. The van der Waals surface area contributed by atoms with Gasteiger partial charge in [-0.25, -0.2) is 4.39 Å². The van der Waals surface area contributed by atoms with Crippen LogP contribution in [0.4, 0.5) is 10.1 Å². The van der Waals surface area contributed by atoms with Gasteiger partial charge in [0.15, 0.2) is 11.5 Å². The van der Waals surface area contributed by atoms with Gasteiger partial charge in [-0.2, -0.15) is 0 Å². The van der Waals surface area contributed by atoms with E-state index in [4.69, 9.17) is 9.47 Å². The summed E-state index contributed by atoms with van der Waals surface area (Å²) < 4.78 is 23.9. The Bertz CT molecular complexity index is 978. The number of rotatable bonds is 8. The number of ether oxygens (including phenoxy) is 2. The molecule has 0 aromatic heterocycles. The van der Waals surface area contributed by atoms with Crippen molar-refractivity contribution in [2.75, 3.05) is 26.6 Å². The first-order valence-corrected chi connectivity index (χ1v) is 9.54. The smallest absolute Gasteiger partial charge is 0.246 e. The van der Waals surface area contributed by atoms with Gasteiger partial charge >= 0.3 is 0 Å². The Kier molecular flexibility index (Phi) is 7.03. The molecule has 0 aliphatic heterocycles. The molecule has 3 aromatic rings. The second kappa shape index (κ2) is 9.89. The van der Waals surface area contributed by atoms with Crippen LogP contribution in [0, 0.1) is 5.82 Å². The van der Waals surface area contributed by atoms with Crippen molar-refractivity contribution in [3.8, 4) is 11.5 Å². The van der Waals surface area contributed by atoms with Crippen molar-refractivity contribution in [3.63, 3.8) is 0 Å². The van der Waals surface area contributed by atoms with Gasteiger partial charge in [0.2, 0.25) is 5.91 Å². The van der Waals surface area contributed by atoms with E-state index < -0.39 is 6.04 Å². The number of amides is 1. The normalized spacial score (nSPS) is 11.8. The van der Waals surface area contributed by atoms with Crippen LogP contribution in [0.25, 0.3) is 0 Å². The third-order valence-electron chi connectivity index (χ3n) is 4.80. The summed E-state index contributed by atoms with van der Waals surface area (Å²) >= 11 is 0. The maximum absolute atomic E-state index is 13.2. The zero-order valence-corrected chi connectivity index (χ0v) is 17.3. The molecule has 0 saturated heterocycles. The summed E-state index contributed by atoms with van der Waals surface area (Å²) in [7, 11) is 5.07. The summed E-state index contributed by atoms with van der Waals surface area (Å²) in [5.41, 5.74) is 2.38. The predicted octanol–water partition coefficient (Wildman–Crippen LogP) is 4.65. The summed E-state index contributed by atoms with van der Waals surface area (Å²) in [6.45, 7) is 0.511. The van der Waals surface area contributed by atoms with E-state index in [1.165, 1.54) is 12.1 Å². The minimum absolute atomic E-state index is 0.198. The lowest BCUT2D eigenvalue weighted by Gasteiger charge is -2.28. The molecule has 30 heavy (non-hydrogen) atoms. The fourth-order valence-electron chi connectivity index (χ4n) is 3.34. The highest BCUT2D eigenvalue weighted by molar-refractivity contribution is 5.95. The third-order valence-corrected chi connectivity index (χ3v) is 4.80. The number of likely N-dealkylation sites (N-methyl/N-ethyl adjacent to an activating group) is 1. The Morgan fingerprint density at radius 2 is 1.63 bits per heavy atom. The molecule has 0 aliphatic carbocycles. The van der Waals surface area contributed by atoms with E-state index in [0.29, 0.717) is 23.7 Å². The molecule has 1 N–H and O–H groups in total. The second-order valence-corrected chi connectivity index (χ2v) is 6.91. The van der Waals surface area contributed by atoms with Gasteiger partial charge in [0, 0.05) is 12.2 Å². The molecule has 1 atom stereocenters. The number of hydrogen-bond acceptors (Lipinski definition) is 4. The van der Waals surface area contributed by atoms with Gasteiger partial charge in [0.05, 0.1) is 14.2 Å². The Labute approximate surface area is 176 Å². The molecule has 0 unspecified atom stereocenters. The Balaban J connectivity index is 1.84. The van der Waals surface area contributed by atoms with Gasteiger partial charge in [0.25, 0.3) is 0 Å². The van der Waals surface area contributed by atoms with Crippen LogP contribution in [0.2, 0.25) is 0 Å². The number of benzene rings is 3. The summed E-state index contributed by atoms with van der Waals surface area (Å²) in [5, 5.41) is 2.88. The van der Waals surface area contributed by atoms with Gasteiger partial charge in [-0.3, -0.25) is 9.69 Å². The fraction of sp³-hybridized carbons (Fsp3) is 0.208. The predicted molar refractivity (Wildman–Crippen MR) is 115 cm³/mol. The zero-order valence-electron chi connectivity index (χ0n) is 17.3. The van der Waals surface area contributed by atoms with Gasteiger partial charge < -0.3 is 14.8 Å². The van der Waals surface area contributed by atoms with Crippen molar-refractivity contribution in [1.82, 2.24) is 4.90 Å². The molecule has 1 amide bonds. The molecular formula is C24H25FN2O3. The van der Waals surface area contributed by atoms with Gasteiger partial charge in [-0.1, -0.05) is 36.4 Å². The highest BCUT2D eigenvalue weighted by atomic mass is 19.1. The molecule has 3 rings (SSSR count). The Morgan fingerprint density at radius 1 is 0.967 bits per heavy atom. The van der Waals surface area contributed by atoms with Crippen molar-refractivity contribution >= 4 is 11.6 Å². The first-order valence-electron chi connectivity index (χ1n) is 9.54. The highest BCUT2D eigenvalue weighted by Gasteiger charge is 2.25. The largest absolute Gasteiger partial charge is 0.493 e. The molecular weight excluding hydrogens is 383 g/mol. The quantitative estimate of drug-likeness (QED) is 0.589. The van der Waals surface area contributed by atoms with E-state index in [-0.39, 0.29) is 11.7 Å². The van der Waals surface area contributed by atoms with Crippen molar-refractivity contribution < 1.29 is 18.7 Å². The molecule has 0 fully saturated rings. The monoisotopic (exact) mass is 408 g/mol. The fourth-order valence-corrected chi connectivity index (χ4v) is 3.34. The van der Waals surface area contributed by atoms with Crippen molar-refractivity contribution in [1.29, 1.82) is 0 Å². The number of methoxy groups -OCH3 is 2. The maximum Gasteiger partial charge on any atom is 0.246 e. The van der Waals surface area contributed by atoms with Crippen molar-refractivity contribution in [3.05, 3.63) is 89.7 Å². The number of hydrogen-bond donors (Lipinski definition) is 1. The molecule has 6 heteroatoms. The second-order valence-electron chi connectivity index (χ2n) is 6.91. The topological polar surface area (TPSA) is 50.8 Å². The lowest BCUT2D eigenvalue weighted by Crippen LogP contribution is -2.34. The maximum atomic E-state index is 13.2. The first-order chi connectivity index (χ1) is 14.5. The number of anilines is 1. The Morgan fingerprint density at radius 3 is 2.27 bits per heavy atom. The van der Waals surface area contributed by atoms with Crippen molar-refractivity contribution in [2.45, 2.75) is 12.6 Å². The molecule has 5 nitrogen and oxygen atoms in total. The summed E-state index contributed by atoms with van der Waals surface area (Å²) in [6.07, 6.45) is 0. The summed E-state index contributed by atoms with van der Waals surface area (Å²) in [6, 6.07) is 20.4. The first kappa shape index (κ1) is 21.3. The van der Waals surface area contributed by atoms with E-state index in [2.05, 4.69) is 5.32 Å². The standard InChI is InChI=1S/C24H25FN2O3/c1-27(16-17-9-14-21(29-2)22(15-17)30-3)23(18-7-5-4-6-8-18)24(28)26-20-12-10-19(25)11-13-20/h4-15,23H,16H2,1-3H3,(H,26,28)/t23-/m0/s1. The van der Waals surface area contributed by atoms with Crippen molar-refractivity contribution in [2.24, 2.45) is 0 Å². The Hall–Kier alpha value is -3.38. The van der Waals surface area contributed by atoms with Crippen LogP contribution in [0.15, 0.2) is 72.8 Å². The number of carbonyl (C=O) groups is 1. The molecule has 156 valence electrons. The molecule has 0 radical (unpaired) electrons. The number of halogens is 1. The van der Waals surface area contributed by atoms with Gasteiger partial charge in [-0.15, -0.1) is 0 Å². The average Bonchev–Trinajstić information content (AvgIpc) is 2.76. The third kappa shape index (κ3) is 5.15. The summed E-state index contributed by atoms with van der Waals surface area (Å²) in [4.78, 5) is 15.1. The van der Waals surface area contributed by atoms with Crippen LogP contribution in [0.5, 0.6) is 11.5 Å². The van der Waals surface area contributed by atoms with Crippen LogP contribution in [-0.2, 0) is 11.3 Å². The van der Waals surface area contributed by atoms with E-state index in [1.807, 2.05) is 60.5 Å². The molecule has 0 spiro atoms. The van der Waals surface area contributed by atoms with E-state index in [9.17, 15) is 9.18 Å². The minimum atomic E-state index is -0.538. The average molecular weight is 408 g/mol. The molecule has 0 bridgehead atoms. The molecule has 0 heterocycles. The van der Waals surface area contributed by atoms with Crippen LogP contribution in [0.1, 0.15) is 17.2 Å². The van der Waals surface area contributed by atoms with E-state index in [1.54, 1.807) is 26.4 Å². The van der Waals surface area contributed by atoms with Gasteiger partial charge in [0.1, 0.15) is 11.9 Å². The number of carbonyl (C=O) groups excluding carboxylic acids is 1. The lowest BCUT2D eigenvalue weighted by atomic mass is 10.0. The van der Waals surface area contributed by atoms with Crippen LogP contribution in [0.3, 0.4) is 0 Å². The molecule has 3 aromatic carbocycles. The van der Waals surface area contributed by atoms with Crippen LogP contribution in [-0.4, -0.2) is 32.1 Å². The van der Waals surface area contributed by atoms with E-state index >= 15 is 0 Å². The van der Waals surface area contributed by atoms with Crippen LogP contribution >= 0.6 is 0 Å². The lowest BCUT2D eigenvalue weighted by molar-refractivity contribution is -0.121.